The lowest BCUT2D eigenvalue weighted by Crippen LogP contribution is -2.10. The quantitative estimate of drug-likeness (QED) is 0.174. The first kappa shape index (κ1) is 29.8. The number of hydrogen-bond acceptors (Lipinski definition) is 3. The van der Waals surface area contributed by atoms with Crippen LogP contribution in [0.2, 0.25) is 0 Å². The molecule has 1 aliphatic carbocycles. The number of anilines is 3. The van der Waals surface area contributed by atoms with Crippen molar-refractivity contribution in [2.45, 2.75) is 12.8 Å². The molecular weight excluding hydrogens is 669 g/mol. The highest BCUT2D eigenvalue weighted by Gasteiger charge is 2.21. The van der Waals surface area contributed by atoms with Gasteiger partial charge in [-0.05, 0) is 78.6 Å². The molecule has 7 aromatic carbocycles. The summed E-state index contributed by atoms with van der Waals surface area (Å²) in [7, 11) is 0. The summed E-state index contributed by atoms with van der Waals surface area (Å²) in [4.78, 5) is 2.47. The van der Waals surface area contributed by atoms with Gasteiger partial charge in [0, 0.05) is 63.5 Å². The molecule has 11 rings (SSSR count). The molecule has 52 heavy (non-hydrogen) atoms. The van der Waals surface area contributed by atoms with Crippen LogP contribution >= 0.6 is 22.7 Å². The summed E-state index contributed by atoms with van der Waals surface area (Å²) < 4.78 is 7.77. The number of fused-ring (bicyclic) bond motifs is 9. The van der Waals surface area contributed by atoms with Crippen LogP contribution in [-0.4, -0.2) is 4.57 Å². The second-order valence-electron chi connectivity index (χ2n) is 13.6. The van der Waals surface area contributed by atoms with Gasteiger partial charge in [-0.25, -0.2) is 0 Å². The number of hydrogen-bond donors (Lipinski definition) is 0. The Kier molecular flexibility index (Phi) is 6.76. The first-order chi connectivity index (χ1) is 25.8. The highest BCUT2D eigenvalue weighted by atomic mass is 32.1. The molecule has 0 amide bonds. The number of nitrogens with zero attached hydrogens (tertiary/aromatic N) is 2. The molecule has 0 radical (unpaired) electrons. The van der Waals surface area contributed by atoms with E-state index in [0.717, 1.165) is 24.2 Å². The lowest BCUT2D eigenvalue weighted by Gasteiger charge is -2.27. The Balaban J connectivity index is 1.13. The van der Waals surface area contributed by atoms with Crippen LogP contribution in [0.1, 0.15) is 12.8 Å². The fourth-order valence-electron chi connectivity index (χ4n) is 8.28. The van der Waals surface area contributed by atoms with Gasteiger partial charge >= 0.3 is 0 Å². The van der Waals surface area contributed by atoms with E-state index in [1.807, 2.05) is 22.7 Å². The highest BCUT2D eigenvalue weighted by Crippen LogP contribution is 2.47. The summed E-state index contributed by atoms with van der Waals surface area (Å²) in [5.41, 5.74) is 9.82. The van der Waals surface area contributed by atoms with E-state index in [-0.39, 0.29) is 0 Å². The maximum atomic E-state index is 2.49. The van der Waals surface area contributed by atoms with Gasteiger partial charge in [-0.15, -0.1) is 22.7 Å². The third-order valence-electron chi connectivity index (χ3n) is 10.7. The number of thiophene rings is 2. The van der Waals surface area contributed by atoms with Gasteiger partial charge in [0.2, 0.25) is 0 Å². The fraction of sp³-hybridized carbons (Fsp3) is 0.0417. The Labute approximate surface area is 309 Å². The van der Waals surface area contributed by atoms with Crippen molar-refractivity contribution in [3.63, 3.8) is 0 Å². The van der Waals surface area contributed by atoms with Gasteiger partial charge in [-0.1, -0.05) is 115 Å². The summed E-state index contributed by atoms with van der Waals surface area (Å²) in [5, 5.41) is 7.83. The zero-order chi connectivity index (χ0) is 34.2. The van der Waals surface area contributed by atoms with Crippen LogP contribution in [0.15, 0.2) is 170 Å². The number of allylic oxidation sites excluding steroid dienone is 4. The van der Waals surface area contributed by atoms with Crippen molar-refractivity contribution >= 4 is 108 Å². The van der Waals surface area contributed by atoms with E-state index in [0.29, 0.717) is 0 Å². The highest BCUT2D eigenvalue weighted by molar-refractivity contribution is 7.26. The van der Waals surface area contributed by atoms with Crippen molar-refractivity contribution in [2.75, 3.05) is 4.90 Å². The van der Waals surface area contributed by atoms with Crippen molar-refractivity contribution in [1.82, 2.24) is 4.57 Å². The molecule has 0 bridgehead atoms. The molecule has 2 nitrogen and oxygen atoms in total. The van der Waals surface area contributed by atoms with Crippen LogP contribution in [-0.2, 0) is 0 Å². The minimum Gasteiger partial charge on any atom is -0.313 e. The third-order valence-corrected chi connectivity index (χ3v) is 13.1. The molecule has 0 N–H and O–H groups in total. The van der Waals surface area contributed by atoms with E-state index in [2.05, 4.69) is 179 Å². The molecule has 0 spiro atoms. The largest absolute Gasteiger partial charge is 0.313 e. The molecule has 10 aromatic rings. The summed E-state index contributed by atoms with van der Waals surface area (Å²) in [6.45, 7) is 0. The molecule has 246 valence electrons. The van der Waals surface area contributed by atoms with Gasteiger partial charge in [-0.3, -0.25) is 0 Å². The molecule has 0 saturated heterocycles. The fourth-order valence-corrected chi connectivity index (χ4v) is 10.7. The Morgan fingerprint density at radius 2 is 1.13 bits per heavy atom. The number of para-hydroxylation sites is 1. The Morgan fingerprint density at radius 1 is 0.500 bits per heavy atom. The van der Waals surface area contributed by atoms with Crippen LogP contribution in [0.25, 0.3) is 79.0 Å². The van der Waals surface area contributed by atoms with Crippen molar-refractivity contribution in [1.29, 1.82) is 0 Å². The monoisotopic (exact) mass is 700 g/mol. The van der Waals surface area contributed by atoms with Crippen molar-refractivity contribution in [3.05, 3.63) is 170 Å². The first-order valence-electron chi connectivity index (χ1n) is 17.9. The van der Waals surface area contributed by atoms with Gasteiger partial charge in [0.05, 0.1) is 21.4 Å². The van der Waals surface area contributed by atoms with Gasteiger partial charge in [0.15, 0.2) is 0 Å². The molecule has 1 aliphatic rings. The molecule has 0 saturated carbocycles. The zero-order valence-electron chi connectivity index (χ0n) is 28.3. The van der Waals surface area contributed by atoms with Crippen LogP contribution in [0, 0.1) is 0 Å². The molecule has 0 fully saturated rings. The van der Waals surface area contributed by atoms with Gasteiger partial charge in [0.1, 0.15) is 0 Å². The summed E-state index contributed by atoms with van der Waals surface area (Å²) in [6, 6.07) is 56.2. The Bertz CT molecular complexity index is 3080. The van der Waals surface area contributed by atoms with Crippen LogP contribution in [0.5, 0.6) is 0 Å². The minimum atomic E-state index is 1.02. The van der Waals surface area contributed by atoms with E-state index in [9.17, 15) is 0 Å². The van der Waals surface area contributed by atoms with E-state index >= 15 is 0 Å². The predicted molar refractivity (Wildman–Crippen MR) is 228 cm³/mol. The molecule has 3 aromatic heterocycles. The van der Waals surface area contributed by atoms with E-state index in [1.165, 1.54) is 84.7 Å². The van der Waals surface area contributed by atoms with Crippen molar-refractivity contribution in [2.24, 2.45) is 0 Å². The maximum Gasteiger partial charge on any atom is 0.0640 e. The van der Waals surface area contributed by atoms with Crippen LogP contribution in [0.4, 0.5) is 17.1 Å². The van der Waals surface area contributed by atoms with Crippen molar-refractivity contribution in [3.8, 4) is 11.1 Å². The summed E-state index contributed by atoms with van der Waals surface area (Å²) >= 11 is 3.77. The van der Waals surface area contributed by atoms with Gasteiger partial charge < -0.3 is 9.47 Å². The smallest absolute Gasteiger partial charge is 0.0640 e. The maximum absolute atomic E-state index is 2.49. The minimum absolute atomic E-state index is 1.02. The van der Waals surface area contributed by atoms with Crippen LogP contribution in [0.3, 0.4) is 0 Å². The lowest BCUT2D eigenvalue weighted by atomic mass is 10.0. The third kappa shape index (κ3) is 4.55. The van der Waals surface area contributed by atoms with Crippen LogP contribution < -0.4 is 4.90 Å². The average molecular weight is 701 g/mol. The second kappa shape index (κ2) is 11.8. The second-order valence-corrected chi connectivity index (χ2v) is 15.7. The average Bonchev–Trinajstić information content (AvgIpc) is 3.89. The zero-order valence-corrected chi connectivity index (χ0v) is 29.9. The molecule has 0 aliphatic heterocycles. The molecule has 4 heteroatoms. The molecular formula is C48H32N2S2. The predicted octanol–water partition coefficient (Wildman–Crippen LogP) is 14.9. The van der Waals surface area contributed by atoms with E-state index in [1.54, 1.807) is 0 Å². The molecule has 3 heterocycles. The summed E-state index contributed by atoms with van der Waals surface area (Å²) in [6.07, 6.45) is 8.84. The number of aromatic nitrogens is 1. The lowest BCUT2D eigenvalue weighted by molar-refractivity contribution is 0.979. The van der Waals surface area contributed by atoms with Gasteiger partial charge in [-0.2, -0.15) is 0 Å². The van der Waals surface area contributed by atoms with Gasteiger partial charge in [0.25, 0.3) is 0 Å². The van der Waals surface area contributed by atoms with E-state index in [4.69, 9.17) is 0 Å². The van der Waals surface area contributed by atoms with Crippen molar-refractivity contribution < 1.29 is 0 Å². The molecule has 0 atom stereocenters. The SMILES string of the molecule is C1=CCCC(n2c3ccccc3c3ccc(N(c4ccc(-c5cccc6c5sc5ccccc56)cc4)c4cccc5c4sc4ccccc45)cc32)=C1. The Morgan fingerprint density at radius 3 is 1.90 bits per heavy atom. The molecule has 0 unspecified atom stereocenters. The summed E-state index contributed by atoms with van der Waals surface area (Å²) in [5.74, 6) is 0. The topological polar surface area (TPSA) is 8.17 Å². The van der Waals surface area contributed by atoms with E-state index < -0.39 is 0 Å². The normalized spacial score (nSPS) is 13.3. The first-order valence-corrected chi connectivity index (χ1v) is 19.5. The number of benzene rings is 7. The number of rotatable bonds is 5. The standard InChI is InChI=1S/C48H32N2S2/c1-2-12-32(13-3-1)50-42-20-7-4-14-36(42)37-29-28-34(30-44(37)50)49(43-21-11-19-41-39-16-6-9-23-46(39)52-48(41)43)33-26-24-31(25-27-33)35-17-10-18-40-38-15-5-8-22-45(38)51-47(35)40/h1-2,4-12,14-30H,3,13H2. The Hall–Kier alpha value is -5.94.